The van der Waals surface area contributed by atoms with Gasteiger partial charge in [-0.2, -0.15) is 9.61 Å². The summed E-state index contributed by atoms with van der Waals surface area (Å²) >= 11 is 0. The van der Waals surface area contributed by atoms with Crippen molar-refractivity contribution < 1.29 is 15.0 Å². The lowest BCUT2D eigenvalue weighted by molar-refractivity contribution is 0.0692. The third-order valence-electron chi connectivity index (χ3n) is 4.25. The van der Waals surface area contributed by atoms with Crippen LogP contribution in [0.3, 0.4) is 0 Å². The summed E-state index contributed by atoms with van der Waals surface area (Å²) in [5.74, 6) is -1.69. The van der Waals surface area contributed by atoms with Crippen LogP contribution >= 0.6 is 0 Å². The lowest BCUT2D eigenvalue weighted by Gasteiger charge is -2.05. The number of nitrogens with zero attached hydrogens (tertiary/aromatic N) is 3. The predicted octanol–water partition coefficient (Wildman–Crippen LogP) is 3.39. The van der Waals surface area contributed by atoms with Crippen molar-refractivity contribution in [3.8, 4) is 17.0 Å². The van der Waals surface area contributed by atoms with Gasteiger partial charge in [0.2, 0.25) is 5.88 Å². The smallest absolute Gasteiger partial charge is 0.342 e. The molecule has 0 amide bonds. The van der Waals surface area contributed by atoms with Gasteiger partial charge in [-0.25, -0.2) is 9.78 Å². The Hall–Kier alpha value is -3.67. The summed E-state index contributed by atoms with van der Waals surface area (Å²) < 4.78 is 1.14. The average molecular weight is 345 g/mol. The minimum Gasteiger partial charge on any atom is -0.493 e. The molecule has 0 saturated carbocycles. The molecule has 0 unspecified atom stereocenters. The van der Waals surface area contributed by atoms with E-state index in [0.717, 1.165) is 28.3 Å². The second-order valence-corrected chi connectivity index (χ2v) is 5.95. The van der Waals surface area contributed by atoms with Gasteiger partial charge in [-0.05, 0) is 23.1 Å². The summed E-state index contributed by atoms with van der Waals surface area (Å²) in [6, 6.07) is 18.2. The van der Waals surface area contributed by atoms with Gasteiger partial charge in [0.15, 0.2) is 5.65 Å². The van der Waals surface area contributed by atoms with E-state index < -0.39 is 11.8 Å². The molecular formula is C20H15N3O3. The molecule has 0 saturated heterocycles. The molecule has 0 aliphatic rings. The Balaban J connectivity index is 1.67. The van der Waals surface area contributed by atoms with Crippen molar-refractivity contribution in [2.24, 2.45) is 0 Å². The third-order valence-corrected chi connectivity index (χ3v) is 4.25. The number of benzene rings is 2. The van der Waals surface area contributed by atoms with E-state index in [0.29, 0.717) is 5.65 Å². The van der Waals surface area contributed by atoms with Crippen molar-refractivity contribution in [2.75, 3.05) is 0 Å². The number of carboxylic acid groups (broad SMARTS) is 1. The molecule has 0 fully saturated rings. The lowest BCUT2D eigenvalue weighted by Crippen LogP contribution is -2.03. The molecule has 0 aliphatic carbocycles. The molecule has 6 nitrogen and oxygen atoms in total. The van der Waals surface area contributed by atoms with E-state index >= 15 is 0 Å². The van der Waals surface area contributed by atoms with E-state index in [-0.39, 0.29) is 5.56 Å². The first kappa shape index (κ1) is 15.8. The first-order chi connectivity index (χ1) is 12.6. The quantitative estimate of drug-likeness (QED) is 0.592. The van der Waals surface area contributed by atoms with Gasteiger partial charge in [0.1, 0.15) is 5.56 Å². The fourth-order valence-corrected chi connectivity index (χ4v) is 2.91. The zero-order chi connectivity index (χ0) is 18.1. The van der Waals surface area contributed by atoms with Crippen LogP contribution in [0.15, 0.2) is 67.0 Å². The number of aromatic carboxylic acids is 1. The van der Waals surface area contributed by atoms with E-state index in [1.807, 2.05) is 42.5 Å². The number of hydrogen-bond acceptors (Lipinski definition) is 4. The zero-order valence-corrected chi connectivity index (χ0v) is 13.7. The topological polar surface area (TPSA) is 87.7 Å². The Morgan fingerprint density at radius 2 is 1.65 bits per heavy atom. The van der Waals surface area contributed by atoms with E-state index in [2.05, 4.69) is 22.2 Å². The molecule has 0 aliphatic heterocycles. The Labute approximate surface area is 149 Å². The molecule has 128 valence electrons. The monoisotopic (exact) mass is 345 g/mol. The highest BCUT2D eigenvalue weighted by Crippen LogP contribution is 2.27. The van der Waals surface area contributed by atoms with Crippen molar-refractivity contribution in [3.63, 3.8) is 0 Å². The minimum absolute atomic E-state index is 0.287. The summed E-state index contributed by atoms with van der Waals surface area (Å²) in [7, 11) is 0. The standard InChI is InChI=1S/C20H15N3O3/c24-19-17(20(25)26)11-21-18-16(12-22-23(18)19)15-8-6-14(7-9-15)10-13-4-2-1-3-5-13/h1-9,11-12,24H,10H2,(H,25,26). The molecule has 0 radical (unpaired) electrons. The normalized spacial score (nSPS) is 10.9. The maximum atomic E-state index is 11.1. The third kappa shape index (κ3) is 2.77. The zero-order valence-electron chi connectivity index (χ0n) is 13.7. The molecule has 2 heterocycles. The van der Waals surface area contributed by atoms with Gasteiger partial charge in [-0.3, -0.25) is 0 Å². The molecule has 4 aromatic rings. The van der Waals surface area contributed by atoms with Gasteiger partial charge in [-0.15, -0.1) is 0 Å². The molecule has 2 N–H and O–H groups in total. The fourth-order valence-electron chi connectivity index (χ4n) is 2.91. The highest BCUT2D eigenvalue weighted by atomic mass is 16.4. The Morgan fingerprint density at radius 3 is 2.35 bits per heavy atom. The molecule has 2 aromatic carbocycles. The molecule has 0 bridgehead atoms. The van der Waals surface area contributed by atoms with Crippen molar-refractivity contribution in [1.82, 2.24) is 14.6 Å². The van der Waals surface area contributed by atoms with Crippen molar-refractivity contribution in [2.45, 2.75) is 6.42 Å². The summed E-state index contributed by atoms with van der Waals surface area (Å²) in [6.07, 6.45) is 3.55. The van der Waals surface area contributed by atoms with Crippen LogP contribution in [0.4, 0.5) is 0 Å². The van der Waals surface area contributed by atoms with E-state index in [9.17, 15) is 9.90 Å². The van der Waals surface area contributed by atoms with Crippen LogP contribution in [-0.4, -0.2) is 30.8 Å². The minimum atomic E-state index is -1.25. The first-order valence-electron chi connectivity index (χ1n) is 8.06. The summed E-state index contributed by atoms with van der Waals surface area (Å²) in [6.45, 7) is 0. The molecule has 0 spiro atoms. The van der Waals surface area contributed by atoms with Crippen molar-refractivity contribution in [3.05, 3.63) is 83.7 Å². The largest absolute Gasteiger partial charge is 0.493 e. The average Bonchev–Trinajstić information content (AvgIpc) is 3.08. The molecule has 6 heteroatoms. The van der Waals surface area contributed by atoms with Gasteiger partial charge < -0.3 is 10.2 Å². The number of rotatable bonds is 4. The molecule has 0 atom stereocenters. The number of carbonyl (C=O) groups is 1. The van der Waals surface area contributed by atoms with Gasteiger partial charge in [0.05, 0.1) is 6.20 Å². The van der Waals surface area contributed by atoms with Gasteiger partial charge in [0, 0.05) is 11.8 Å². The van der Waals surface area contributed by atoms with E-state index in [1.54, 1.807) is 6.20 Å². The van der Waals surface area contributed by atoms with Crippen LogP contribution in [0.1, 0.15) is 21.5 Å². The maximum absolute atomic E-state index is 11.1. The number of hydrogen-bond donors (Lipinski definition) is 2. The van der Waals surface area contributed by atoms with Crippen LogP contribution in [0.5, 0.6) is 5.88 Å². The van der Waals surface area contributed by atoms with Gasteiger partial charge in [-0.1, -0.05) is 54.6 Å². The lowest BCUT2D eigenvalue weighted by atomic mass is 10.0. The van der Waals surface area contributed by atoms with Crippen LogP contribution in [0, 0.1) is 0 Å². The highest BCUT2D eigenvalue weighted by molar-refractivity contribution is 5.90. The van der Waals surface area contributed by atoms with Crippen LogP contribution in [0.25, 0.3) is 16.8 Å². The Kier molecular flexibility index (Phi) is 3.85. The maximum Gasteiger partial charge on any atom is 0.342 e. The number of aromatic nitrogens is 3. The van der Waals surface area contributed by atoms with E-state index in [4.69, 9.17) is 5.11 Å². The summed E-state index contributed by atoms with van der Waals surface area (Å²) in [5, 5.41) is 23.2. The Bertz CT molecular complexity index is 1090. The molecule has 26 heavy (non-hydrogen) atoms. The summed E-state index contributed by atoms with van der Waals surface area (Å²) in [4.78, 5) is 15.2. The second kappa shape index (κ2) is 6.33. The predicted molar refractivity (Wildman–Crippen MR) is 96.3 cm³/mol. The van der Waals surface area contributed by atoms with Crippen molar-refractivity contribution >= 4 is 11.6 Å². The van der Waals surface area contributed by atoms with Crippen LogP contribution in [-0.2, 0) is 6.42 Å². The van der Waals surface area contributed by atoms with E-state index in [1.165, 1.54) is 11.1 Å². The SMILES string of the molecule is O=C(O)c1cnc2c(-c3ccc(Cc4ccccc4)cc3)cnn2c1O. The van der Waals surface area contributed by atoms with Gasteiger partial charge >= 0.3 is 5.97 Å². The number of carboxylic acids is 1. The highest BCUT2D eigenvalue weighted by Gasteiger charge is 2.17. The van der Waals surface area contributed by atoms with Crippen LogP contribution < -0.4 is 0 Å². The van der Waals surface area contributed by atoms with Gasteiger partial charge in [0.25, 0.3) is 0 Å². The molecular weight excluding hydrogens is 330 g/mol. The fraction of sp³-hybridized carbons (Fsp3) is 0.0500. The number of aromatic hydroxyl groups is 1. The molecule has 2 aromatic heterocycles. The van der Waals surface area contributed by atoms with Crippen molar-refractivity contribution in [1.29, 1.82) is 0 Å². The second-order valence-electron chi connectivity index (χ2n) is 5.95. The summed E-state index contributed by atoms with van der Waals surface area (Å²) in [5.41, 5.74) is 4.16. The first-order valence-corrected chi connectivity index (χ1v) is 8.06. The number of fused-ring (bicyclic) bond motifs is 1. The van der Waals surface area contributed by atoms with Crippen LogP contribution in [0.2, 0.25) is 0 Å². The Morgan fingerprint density at radius 1 is 0.962 bits per heavy atom. The molecule has 4 rings (SSSR count).